The first-order chi connectivity index (χ1) is 21.2. The molecule has 0 aliphatic carbocycles. The van der Waals surface area contributed by atoms with Crippen molar-refractivity contribution in [3.8, 4) is 11.5 Å². The number of hydrogen-bond acceptors (Lipinski definition) is 6. The highest BCUT2D eigenvalue weighted by molar-refractivity contribution is 8.00. The summed E-state index contributed by atoms with van der Waals surface area (Å²) < 4.78 is 10.6. The average Bonchev–Trinajstić information content (AvgIpc) is 3.03. The second kappa shape index (κ2) is 15.1. The maximum Gasteiger partial charge on any atom is 0.272 e. The van der Waals surface area contributed by atoms with Gasteiger partial charge in [0.1, 0.15) is 17.2 Å². The molecule has 1 unspecified atom stereocenters. The zero-order valence-corrected chi connectivity index (χ0v) is 26.2. The van der Waals surface area contributed by atoms with Crippen LogP contribution in [-0.2, 0) is 9.59 Å². The van der Waals surface area contributed by atoms with Crippen molar-refractivity contribution in [2.24, 2.45) is 0 Å². The van der Waals surface area contributed by atoms with Gasteiger partial charge >= 0.3 is 0 Å². The van der Waals surface area contributed by atoms with E-state index >= 15 is 0 Å². The molecule has 0 saturated heterocycles. The number of carbonyl (C=O) groups excluding carboxylic acids is 3. The number of carbonyl (C=O) groups is 3. The minimum Gasteiger partial charge on any atom is -0.497 e. The van der Waals surface area contributed by atoms with Crippen molar-refractivity contribution in [2.45, 2.75) is 24.0 Å². The predicted molar refractivity (Wildman–Crippen MR) is 177 cm³/mol. The van der Waals surface area contributed by atoms with E-state index in [1.54, 1.807) is 92.9 Å². The maximum absolute atomic E-state index is 13.4. The van der Waals surface area contributed by atoms with Gasteiger partial charge < -0.3 is 25.4 Å². The van der Waals surface area contributed by atoms with E-state index in [-0.39, 0.29) is 11.6 Å². The standard InChI is InChI=1S/C34H32ClN3O5S/c1-21-17-29(31(43-4)20-28(21)35)37-32(39)22(2)44-27-15-13-25(14-16-27)36-34(41)30(19-23-9-8-12-26(18-23)42-3)38-33(40)24-10-6-5-7-11-24/h5-20,22H,1-4H3,(H,36,41)(H,37,39)(H,38,40)/b30-19-. The van der Waals surface area contributed by atoms with Crippen LogP contribution in [0.5, 0.6) is 11.5 Å². The van der Waals surface area contributed by atoms with E-state index in [2.05, 4.69) is 16.0 Å². The van der Waals surface area contributed by atoms with Crippen LogP contribution in [0.4, 0.5) is 11.4 Å². The largest absolute Gasteiger partial charge is 0.497 e. The van der Waals surface area contributed by atoms with Gasteiger partial charge in [-0.3, -0.25) is 14.4 Å². The van der Waals surface area contributed by atoms with Gasteiger partial charge in [0.25, 0.3) is 11.8 Å². The van der Waals surface area contributed by atoms with Gasteiger partial charge in [0.2, 0.25) is 5.91 Å². The quantitative estimate of drug-likeness (QED) is 0.120. The number of rotatable bonds is 11. The molecule has 3 amide bonds. The van der Waals surface area contributed by atoms with E-state index in [0.29, 0.717) is 39.0 Å². The Hall–Kier alpha value is -4.73. The van der Waals surface area contributed by atoms with Crippen molar-refractivity contribution in [1.82, 2.24) is 5.32 Å². The lowest BCUT2D eigenvalue weighted by atomic mass is 10.1. The highest BCUT2D eigenvalue weighted by atomic mass is 35.5. The van der Waals surface area contributed by atoms with E-state index < -0.39 is 17.1 Å². The summed E-state index contributed by atoms with van der Waals surface area (Å²) in [6.45, 7) is 3.65. The highest BCUT2D eigenvalue weighted by Gasteiger charge is 2.18. The third kappa shape index (κ3) is 8.65. The molecule has 0 radical (unpaired) electrons. The molecule has 0 fully saturated rings. The van der Waals surface area contributed by atoms with E-state index in [1.807, 2.05) is 25.1 Å². The van der Waals surface area contributed by atoms with Gasteiger partial charge in [0.15, 0.2) is 0 Å². The molecule has 0 saturated carbocycles. The number of methoxy groups -OCH3 is 2. The van der Waals surface area contributed by atoms with Crippen LogP contribution in [0.1, 0.15) is 28.4 Å². The summed E-state index contributed by atoms with van der Waals surface area (Å²) in [5.41, 5.74) is 3.03. The molecule has 0 heterocycles. The molecular weight excluding hydrogens is 598 g/mol. The molecule has 0 aliphatic heterocycles. The third-order valence-corrected chi connectivity index (χ3v) is 7.99. The monoisotopic (exact) mass is 629 g/mol. The Bertz CT molecular complexity index is 1680. The third-order valence-electron chi connectivity index (χ3n) is 6.47. The van der Waals surface area contributed by atoms with Crippen LogP contribution >= 0.6 is 23.4 Å². The topological polar surface area (TPSA) is 106 Å². The van der Waals surface area contributed by atoms with Gasteiger partial charge in [0.05, 0.1) is 25.2 Å². The number of hydrogen-bond donors (Lipinski definition) is 3. The van der Waals surface area contributed by atoms with Crippen LogP contribution in [0.2, 0.25) is 5.02 Å². The number of ether oxygens (including phenoxy) is 2. The van der Waals surface area contributed by atoms with Crippen molar-refractivity contribution in [3.63, 3.8) is 0 Å². The normalized spacial score (nSPS) is 11.7. The van der Waals surface area contributed by atoms with Crippen LogP contribution in [-0.4, -0.2) is 37.2 Å². The van der Waals surface area contributed by atoms with Crippen LogP contribution in [0.25, 0.3) is 6.08 Å². The molecule has 226 valence electrons. The lowest BCUT2D eigenvalue weighted by molar-refractivity contribution is -0.115. The number of halogens is 1. The van der Waals surface area contributed by atoms with Crippen LogP contribution < -0.4 is 25.4 Å². The molecule has 4 rings (SSSR count). The average molecular weight is 630 g/mol. The lowest BCUT2D eigenvalue weighted by Crippen LogP contribution is -2.30. The second-order valence-electron chi connectivity index (χ2n) is 9.68. The van der Waals surface area contributed by atoms with Gasteiger partial charge in [-0.15, -0.1) is 11.8 Å². The molecule has 8 nitrogen and oxygen atoms in total. The Morgan fingerprint density at radius 2 is 1.59 bits per heavy atom. The van der Waals surface area contributed by atoms with E-state index in [1.165, 1.54) is 18.9 Å². The Morgan fingerprint density at radius 1 is 0.864 bits per heavy atom. The maximum atomic E-state index is 13.4. The van der Waals surface area contributed by atoms with Gasteiger partial charge in [-0.1, -0.05) is 41.9 Å². The molecule has 44 heavy (non-hydrogen) atoms. The number of amides is 3. The molecule has 0 bridgehead atoms. The summed E-state index contributed by atoms with van der Waals surface area (Å²) in [6, 6.07) is 26.3. The molecular formula is C34H32ClN3O5S. The van der Waals surface area contributed by atoms with E-state index in [9.17, 15) is 14.4 Å². The highest BCUT2D eigenvalue weighted by Crippen LogP contribution is 2.32. The number of nitrogens with one attached hydrogen (secondary N) is 3. The molecule has 4 aromatic rings. The van der Waals surface area contributed by atoms with Crippen molar-refractivity contribution in [1.29, 1.82) is 0 Å². The fourth-order valence-corrected chi connectivity index (χ4v) is 5.10. The minimum atomic E-state index is -0.502. The van der Waals surface area contributed by atoms with Gasteiger partial charge in [-0.2, -0.15) is 0 Å². The van der Waals surface area contributed by atoms with Crippen LogP contribution in [0.15, 0.2) is 102 Å². The molecule has 0 spiro atoms. The summed E-state index contributed by atoms with van der Waals surface area (Å²) in [4.78, 5) is 40.0. The SMILES string of the molecule is COc1cccc(/C=C(\NC(=O)c2ccccc2)C(=O)Nc2ccc(SC(C)C(=O)Nc3cc(C)c(Cl)cc3OC)cc2)c1. The fraction of sp³-hybridized carbons (Fsp3) is 0.147. The smallest absolute Gasteiger partial charge is 0.272 e. The second-order valence-corrected chi connectivity index (χ2v) is 11.5. The number of benzene rings is 4. The zero-order chi connectivity index (χ0) is 31.6. The van der Waals surface area contributed by atoms with Crippen molar-refractivity contribution < 1.29 is 23.9 Å². The Labute approximate surface area is 265 Å². The van der Waals surface area contributed by atoms with Crippen LogP contribution in [0.3, 0.4) is 0 Å². The minimum absolute atomic E-state index is 0.0590. The Kier molecular flexibility index (Phi) is 11.1. The lowest BCUT2D eigenvalue weighted by Gasteiger charge is -2.16. The summed E-state index contributed by atoms with van der Waals surface area (Å²) >= 11 is 7.54. The fourth-order valence-electron chi connectivity index (χ4n) is 4.08. The number of thioether (sulfide) groups is 1. The molecule has 1 atom stereocenters. The van der Waals surface area contributed by atoms with Crippen molar-refractivity contribution in [3.05, 3.63) is 118 Å². The summed E-state index contributed by atoms with van der Waals surface area (Å²) in [6.07, 6.45) is 1.58. The number of anilines is 2. The Balaban J connectivity index is 1.45. The van der Waals surface area contributed by atoms with Crippen molar-refractivity contribution >= 4 is 58.5 Å². The molecule has 3 N–H and O–H groups in total. The first-order valence-corrected chi connectivity index (χ1v) is 14.9. The summed E-state index contributed by atoms with van der Waals surface area (Å²) in [7, 11) is 3.07. The molecule has 10 heteroatoms. The van der Waals surface area contributed by atoms with Gasteiger partial charge in [-0.05, 0) is 85.6 Å². The van der Waals surface area contributed by atoms with Gasteiger partial charge in [-0.25, -0.2) is 0 Å². The zero-order valence-electron chi connectivity index (χ0n) is 24.6. The first-order valence-electron chi connectivity index (χ1n) is 13.6. The van der Waals surface area contributed by atoms with Gasteiger partial charge in [0, 0.05) is 27.2 Å². The van der Waals surface area contributed by atoms with E-state index in [0.717, 1.165) is 10.5 Å². The molecule has 0 aromatic heterocycles. The van der Waals surface area contributed by atoms with E-state index in [4.69, 9.17) is 21.1 Å². The predicted octanol–water partition coefficient (Wildman–Crippen LogP) is 7.19. The number of aryl methyl sites for hydroxylation is 1. The summed E-state index contributed by atoms with van der Waals surface area (Å²) in [5.74, 6) is -0.0241. The van der Waals surface area contributed by atoms with Crippen LogP contribution in [0, 0.1) is 6.92 Å². The van der Waals surface area contributed by atoms with Crippen molar-refractivity contribution in [2.75, 3.05) is 24.9 Å². The molecule has 4 aromatic carbocycles. The first kappa shape index (κ1) is 32.2. The Morgan fingerprint density at radius 3 is 2.27 bits per heavy atom. The molecule has 0 aliphatic rings. The summed E-state index contributed by atoms with van der Waals surface area (Å²) in [5, 5.41) is 8.60.